The fourth-order valence-electron chi connectivity index (χ4n) is 1.88. The Bertz CT molecular complexity index is 284. The summed E-state index contributed by atoms with van der Waals surface area (Å²) in [5.41, 5.74) is 3.39. The number of unbranched alkanes of at least 4 members (excludes halogenated alkanes) is 2. The second-order valence-corrected chi connectivity index (χ2v) is 4.77. The first-order chi connectivity index (χ1) is 7.51. The number of hydroxylamine groups is 1. The van der Waals surface area contributed by atoms with Crippen LogP contribution >= 0.6 is 0 Å². The Hall–Kier alpha value is -1.03. The summed E-state index contributed by atoms with van der Waals surface area (Å²) < 4.78 is 0. The molecule has 4 heteroatoms. The smallest absolute Gasteiger partial charge is 0.311 e. The van der Waals surface area contributed by atoms with Gasteiger partial charge < -0.3 is 5.11 Å². The molecule has 1 aliphatic carbocycles. The molecule has 2 N–H and O–H groups in total. The monoisotopic (exact) mass is 227 g/mol. The standard InChI is InChI=1S/C12H21NO3/c1-4-5-6-7-16-13-8-9-10(11(14)15)12(9,2)3/h8,10,13H,4-7H2,1-3H3,(H,14,15). The molecular formula is C12H21NO3. The van der Waals surface area contributed by atoms with E-state index in [9.17, 15) is 4.79 Å². The van der Waals surface area contributed by atoms with Crippen molar-refractivity contribution in [3.63, 3.8) is 0 Å². The van der Waals surface area contributed by atoms with Crippen molar-refractivity contribution in [3.8, 4) is 0 Å². The normalized spacial score (nSPS) is 24.4. The highest BCUT2D eigenvalue weighted by Gasteiger charge is 2.57. The summed E-state index contributed by atoms with van der Waals surface area (Å²) in [4.78, 5) is 16.0. The first-order valence-electron chi connectivity index (χ1n) is 5.82. The van der Waals surface area contributed by atoms with Gasteiger partial charge in [0.15, 0.2) is 0 Å². The van der Waals surface area contributed by atoms with Gasteiger partial charge in [0.25, 0.3) is 0 Å². The van der Waals surface area contributed by atoms with Gasteiger partial charge in [0, 0.05) is 11.6 Å². The van der Waals surface area contributed by atoms with Crippen LogP contribution in [0.15, 0.2) is 11.8 Å². The van der Waals surface area contributed by atoms with E-state index in [1.807, 2.05) is 13.8 Å². The van der Waals surface area contributed by atoms with E-state index in [-0.39, 0.29) is 11.3 Å². The van der Waals surface area contributed by atoms with Gasteiger partial charge in [0.2, 0.25) is 0 Å². The topological polar surface area (TPSA) is 58.6 Å². The van der Waals surface area contributed by atoms with Crippen molar-refractivity contribution >= 4 is 5.97 Å². The third-order valence-corrected chi connectivity index (χ3v) is 3.09. The highest BCUT2D eigenvalue weighted by atomic mass is 16.6. The number of aliphatic carboxylic acids is 1. The Labute approximate surface area is 96.6 Å². The van der Waals surface area contributed by atoms with E-state index in [0.717, 1.165) is 18.4 Å². The third kappa shape index (κ3) is 2.98. The Balaban J connectivity index is 2.24. The molecule has 0 spiro atoms. The molecule has 0 aliphatic heterocycles. The predicted octanol–water partition coefficient (Wildman–Crippen LogP) is 2.32. The van der Waals surface area contributed by atoms with Gasteiger partial charge in [0.1, 0.15) is 0 Å². The Morgan fingerprint density at radius 1 is 1.56 bits per heavy atom. The summed E-state index contributed by atoms with van der Waals surface area (Å²) in [5, 5.41) is 8.92. The third-order valence-electron chi connectivity index (χ3n) is 3.09. The van der Waals surface area contributed by atoms with Gasteiger partial charge in [0.05, 0.1) is 12.5 Å². The van der Waals surface area contributed by atoms with Gasteiger partial charge in [-0.1, -0.05) is 33.6 Å². The lowest BCUT2D eigenvalue weighted by Gasteiger charge is -2.01. The summed E-state index contributed by atoms with van der Waals surface area (Å²) in [5.74, 6) is -1.12. The molecule has 0 saturated heterocycles. The average Bonchev–Trinajstić information content (AvgIpc) is 2.74. The Morgan fingerprint density at radius 2 is 2.25 bits per heavy atom. The highest BCUT2D eigenvalue weighted by molar-refractivity contribution is 5.82. The molecule has 0 aromatic heterocycles. The van der Waals surface area contributed by atoms with Crippen LogP contribution in [-0.2, 0) is 9.63 Å². The van der Waals surface area contributed by atoms with Crippen LogP contribution in [0.25, 0.3) is 0 Å². The molecule has 4 nitrogen and oxygen atoms in total. The molecule has 1 saturated carbocycles. The van der Waals surface area contributed by atoms with Crippen LogP contribution in [0.1, 0.15) is 40.0 Å². The SMILES string of the molecule is CCCCCONC=C1C(C(=O)O)C1(C)C. The second kappa shape index (κ2) is 5.34. The van der Waals surface area contributed by atoms with Crippen molar-refractivity contribution in [2.24, 2.45) is 11.3 Å². The number of hydrogen-bond donors (Lipinski definition) is 2. The van der Waals surface area contributed by atoms with Gasteiger partial charge in [-0.05, 0) is 12.0 Å². The van der Waals surface area contributed by atoms with Crippen molar-refractivity contribution in [1.82, 2.24) is 5.48 Å². The highest BCUT2D eigenvalue weighted by Crippen LogP contribution is 2.57. The first-order valence-corrected chi connectivity index (χ1v) is 5.82. The van der Waals surface area contributed by atoms with Crippen molar-refractivity contribution in [2.45, 2.75) is 40.0 Å². The Morgan fingerprint density at radius 3 is 2.75 bits per heavy atom. The minimum Gasteiger partial charge on any atom is -0.481 e. The van der Waals surface area contributed by atoms with Gasteiger partial charge in [-0.15, -0.1) is 0 Å². The molecule has 92 valence electrons. The molecule has 1 aliphatic rings. The number of carbonyl (C=O) groups is 1. The predicted molar refractivity (Wildman–Crippen MR) is 61.6 cm³/mol. The molecule has 0 radical (unpaired) electrons. The zero-order valence-electron chi connectivity index (χ0n) is 10.2. The van der Waals surface area contributed by atoms with Crippen LogP contribution in [0.2, 0.25) is 0 Å². The van der Waals surface area contributed by atoms with Crippen LogP contribution in [0.5, 0.6) is 0 Å². The molecule has 1 rings (SSSR count). The quantitative estimate of drug-likeness (QED) is 0.517. The average molecular weight is 227 g/mol. The zero-order valence-corrected chi connectivity index (χ0v) is 10.2. The van der Waals surface area contributed by atoms with Gasteiger partial charge >= 0.3 is 5.97 Å². The van der Waals surface area contributed by atoms with E-state index < -0.39 is 5.97 Å². The first kappa shape index (κ1) is 13.0. The fraction of sp³-hybridized carbons (Fsp3) is 0.750. The maximum Gasteiger partial charge on any atom is 0.311 e. The van der Waals surface area contributed by atoms with Crippen molar-refractivity contribution in [1.29, 1.82) is 0 Å². The second-order valence-electron chi connectivity index (χ2n) is 4.77. The summed E-state index contributed by atoms with van der Waals surface area (Å²) in [6.45, 7) is 6.65. The van der Waals surface area contributed by atoms with E-state index in [2.05, 4.69) is 12.4 Å². The molecule has 0 heterocycles. The molecule has 0 bridgehead atoms. The van der Waals surface area contributed by atoms with Crippen molar-refractivity contribution < 1.29 is 14.7 Å². The number of rotatable bonds is 7. The van der Waals surface area contributed by atoms with E-state index in [4.69, 9.17) is 9.94 Å². The fourth-order valence-corrected chi connectivity index (χ4v) is 1.88. The number of carboxylic acids is 1. The van der Waals surface area contributed by atoms with Crippen LogP contribution in [0.3, 0.4) is 0 Å². The largest absolute Gasteiger partial charge is 0.481 e. The molecule has 16 heavy (non-hydrogen) atoms. The lowest BCUT2D eigenvalue weighted by molar-refractivity contribution is -0.139. The summed E-state index contributed by atoms with van der Waals surface area (Å²) in [7, 11) is 0. The number of carboxylic acid groups (broad SMARTS) is 1. The van der Waals surface area contributed by atoms with Gasteiger partial charge in [-0.2, -0.15) is 0 Å². The minimum atomic E-state index is -0.760. The van der Waals surface area contributed by atoms with Gasteiger partial charge in [-0.3, -0.25) is 15.1 Å². The molecule has 1 unspecified atom stereocenters. The molecule has 0 aromatic carbocycles. The molecule has 1 fully saturated rings. The summed E-state index contributed by atoms with van der Waals surface area (Å²) in [6.07, 6.45) is 5.03. The van der Waals surface area contributed by atoms with E-state index in [0.29, 0.717) is 6.61 Å². The minimum absolute atomic E-state index is 0.231. The number of hydrogen-bond acceptors (Lipinski definition) is 3. The lowest BCUT2D eigenvalue weighted by Crippen LogP contribution is -2.08. The molecule has 0 aromatic rings. The van der Waals surface area contributed by atoms with Gasteiger partial charge in [-0.25, -0.2) is 0 Å². The van der Waals surface area contributed by atoms with E-state index >= 15 is 0 Å². The van der Waals surface area contributed by atoms with E-state index in [1.54, 1.807) is 6.20 Å². The summed E-state index contributed by atoms with van der Waals surface area (Å²) in [6, 6.07) is 0. The maximum atomic E-state index is 10.9. The van der Waals surface area contributed by atoms with Crippen molar-refractivity contribution in [3.05, 3.63) is 11.8 Å². The van der Waals surface area contributed by atoms with Crippen LogP contribution in [0, 0.1) is 11.3 Å². The van der Waals surface area contributed by atoms with Crippen LogP contribution in [0.4, 0.5) is 0 Å². The maximum absolute atomic E-state index is 10.9. The lowest BCUT2D eigenvalue weighted by atomic mass is 10.1. The molecule has 1 atom stereocenters. The summed E-state index contributed by atoms with van der Waals surface area (Å²) >= 11 is 0. The van der Waals surface area contributed by atoms with E-state index in [1.165, 1.54) is 6.42 Å². The zero-order chi connectivity index (χ0) is 12.2. The molecular weight excluding hydrogens is 206 g/mol. The molecule has 0 amide bonds. The van der Waals surface area contributed by atoms with Crippen LogP contribution < -0.4 is 5.48 Å². The number of nitrogens with one attached hydrogen (secondary N) is 1. The Kier molecular flexibility index (Phi) is 4.35. The van der Waals surface area contributed by atoms with Crippen molar-refractivity contribution in [2.75, 3.05) is 6.61 Å². The van der Waals surface area contributed by atoms with Crippen LogP contribution in [-0.4, -0.2) is 17.7 Å².